The lowest BCUT2D eigenvalue weighted by Crippen LogP contribution is -2.15. The molecule has 3 aromatic heterocycles. The maximum Gasteiger partial charge on any atom is 0.231 e. The number of nitrogens with zero attached hydrogens (tertiary/aromatic N) is 4. The largest absolute Gasteiger partial charge is 0.480 e. The summed E-state index contributed by atoms with van der Waals surface area (Å²) in [5, 5.41) is 3.52. The minimum atomic E-state index is -1.05. The van der Waals surface area contributed by atoms with Crippen LogP contribution in [0.15, 0.2) is 18.3 Å². The summed E-state index contributed by atoms with van der Waals surface area (Å²) in [4.78, 5) is 24.9. The number of halogens is 1. The monoisotopic (exact) mass is 385 g/mol. The molecule has 0 radical (unpaired) electrons. The molecule has 8 nitrogen and oxygen atoms in total. The topological polar surface area (TPSA) is 91.2 Å². The molecule has 1 aliphatic rings. The van der Waals surface area contributed by atoms with Gasteiger partial charge in [-0.15, -0.1) is 0 Å². The zero-order valence-electron chi connectivity index (χ0n) is 16.0. The third-order valence-electron chi connectivity index (χ3n) is 4.83. The Balaban J connectivity index is 1.77. The number of amides is 1. The van der Waals surface area contributed by atoms with Gasteiger partial charge in [-0.3, -0.25) is 4.79 Å². The molecule has 0 aromatic carbocycles. The van der Waals surface area contributed by atoms with E-state index in [0.29, 0.717) is 29.0 Å². The highest BCUT2D eigenvalue weighted by Gasteiger charge is 2.43. The quantitative estimate of drug-likeness (QED) is 0.726. The summed E-state index contributed by atoms with van der Waals surface area (Å²) in [5.74, 6) is 0.814. The van der Waals surface area contributed by atoms with Crippen molar-refractivity contribution >= 4 is 22.6 Å². The number of hydrogen-bond acceptors (Lipinski definition) is 6. The molecule has 1 fully saturated rings. The zero-order chi connectivity index (χ0) is 20.0. The fourth-order valence-electron chi connectivity index (χ4n) is 3.23. The predicted molar refractivity (Wildman–Crippen MR) is 101 cm³/mol. The van der Waals surface area contributed by atoms with Crippen molar-refractivity contribution in [3.05, 3.63) is 24.2 Å². The molecule has 0 saturated heterocycles. The fraction of sp³-hybridized carbons (Fsp3) is 0.368. The maximum absolute atomic E-state index is 13.1. The van der Waals surface area contributed by atoms with Crippen LogP contribution in [0.3, 0.4) is 0 Å². The Morgan fingerprint density at radius 3 is 2.46 bits per heavy atom. The number of nitrogens with one attached hydrogen (secondary N) is 1. The van der Waals surface area contributed by atoms with E-state index in [1.165, 1.54) is 0 Å². The summed E-state index contributed by atoms with van der Waals surface area (Å²) in [6, 6.07) is 3.67. The summed E-state index contributed by atoms with van der Waals surface area (Å²) in [6.07, 6.45) is 0.882. The number of alkyl halides is 1. The van der Waals surface area contributed by atoms with Gasteiger partial charge in [0.05, 0.1) is 37.5 Å². The lowest BCUT2D eigenvalue weighted by Gasteiger charge is -2.13. The van der Waals surface area contributed by atoms with Crippen LogP contribution in [0.1, 0.15) is 12.2 Å². The Bertz CT molecular complexity index is 1060. The number of rotatable bonds is 5. The number of anilines is 1. The molecular weight excluding hydrogens is 365 g/mol. The second-order valence-electron chi connectivity index (χ2n) is 6.73. The minimum Gasteiger partial charge on any atom is -0.480 e. The lowest BCUT2D eigenvalue weighted by molar-refractivity contribution is -0.117. The standard InChI is InChI=1S/C19H20FN5O3/c1-9-22-18(27-3)16(19(23-9)28-4)13-5-10-6-15(21-8-14(10)25(13)2)24-17(26)11-7-12(11)20/h5-6,8,11-12H,7H2,1-4H3,(H,21,24,26)/t11-,12+/m1/s1. The van der Waals surface area contributed by atoms with E-state index in [1.54, 1.807) is 33.4 Å². The van der Waals surface area contributed by atoms with Crippen molar-refractivity contribution in [2.45, 2.75) is 19.5 Å². The van der Waals surface area contributed by atoms with Gasteiger partial charge in [0.25, 0.3) is 0 Å². The molecule has 0 unspecified atom stereocenters. The first-order valence-corrected chi connectivity index (χ1v) is 8.80. The average Bonchev–Trinajstić information content (AvgIpc) is 3.33. The molecule has 9 heteroatoms. The average molecular weight is 385 g/mol. The van der Waals surface area contributed by atoms with Crippen LogP contribution in [0.25, 0.3) is 22.2 Å². The lowest BCUT2D eigenvalue weighted by atomic mass is 10.2. The first kappa shape index (κ1) is 18.1. The molecule has 0 spiro atoms. The van der Waals surface area contributed by atoms with Gasteiger partial charge in [-0.25, -0.2) is 9.37 Å². The first-order chi connectivity index (χ1) is 13.4. The van der Waals surface area contributed by atoms with Gasteiger partial charge in [0.1, 0.15) is 23.4 Å². The van der Waals surface area contributed by atoms with Crippen molar-refractivity contribution in [1.82, 2.24) is 19.5 Å². The summed E-state index contributed by atoms with van der Waals surface area (Å²) in [5.41, 5.74) is 2.24. The van der Waals surface area contributed by atoms with Crippen molar-refractivity contribution in [2.75, 3.05) is 19.5 Å². The van der Waals surface area contributed by atoms with Crippen molar-refractivity contribution in [3.8, 4) is 23.0 Å². The Hall–Kier alpha value is -3.23. The van der Waals surface area contributed by atoms with Gasteiger partial charge in [-0.1, -0.05) is 0 Å². The van der Waals surface area contributed by atoms with Crippen LogP contribution in [0.5, 0.6) is 11.8 Å². The molecule has 1 saturated carbocycles. The SMILES string of the molecule is COc1nc(C)nc(OC)c1-c1cc2cc(NC(=O)[C@@H]3C[C@@H]3F)ncc2n1C. The van der Waals surface area contributed by atoms with Gasteiger partial charge in [0.2, 0.25) is 17.7 Å². The van der Waals surface area contributed by atoms with Crippen LogP contribution in [-0.2, 0) is 11.8 Å². The molecule has 4 rings (SSSR count). The van der Waals surface area contributed by atoms with Crippen LogP contribution < -0.4 is 14.8 Å². The smallest absolute Gasteiger partial charge is 0.231 e. The number of ether oxygens (including phenoxy) is 2. The number of aryl methyl sites for hydroxylation is 2. The van der Waals surface area contributed by atoms with Crippen LogP contribution in [-0.4, -0.2) is 45.8 Å². The van der Waals surface area contributed by atoms with Crippen molar-refractivity contribution in [3.63, 3.8) is 0 Å². The van der Waals surface area contributed by atoms with Gasteiger partial charge in [0, 0.05) is 12.4 Å². The molecule has 2 atom stereocenters. The Kier molecular flexibility index (Phi) is 4.37. The second-order valence-corrected chi connectivity index (χ2v) is 6.73. The molecule has 0 aliphatic heterocycles. The number of pyridine rings is 1. The molecule has 146 valence electrons. The predicted octanol–water partition coefficient (Wildman–Crippen LogP) is 2.65. The molecule has 3 aromatic rings. The normalized spacial score (nSPS) is 18.2. The Morgan fingerprint density at radius 2 is 1.89 bits per heavy atom. The fourth-order valence-corrected chi connectivity index (χ4v) is 3.23. The van der Waals surface area contributed by atoms with Crippen molar-refractivity contribution < 1.29 is 18.7 Å². The molecule has 28 heavy (non-hydrogen) atoms. The first-order valence-electron chi connectivity index (χ1n) is 8.80. The highest BCUT2D eigenvalue weighted by molar-refractivity contribution is 5.96. The van der Waals surface area contributed by atoms with E-state index >= 15 is 0 Å². The van der Waals surface area contributed by atoms with E-state index in [2.05, 4.69) is 20.3 Å². The van der Waals surface area contributed by atoms with Crippen LogP contribution >= 0.6 is 0 Å². The molecule has 1 N–H and O–H groups in total. The summed E-state index contributed by atoms with van der Waals surface area (Å²) in [6.45, 7) is 1.76. The third kappa shape index (κ3) is 3.02. The highest BCUT2D eigenvalue weighted by atomic mass is 19.1. The second kappa shape index (κ2) is 6.74. The van der Waals surface area contributed by atoms with Gasteiger partial charge < -0.3 is 19.4 Å². The molecular formula is C19H20FN5O3. The number of carbonyl (C=O) groups excluding carboxylic acids is 1. The third-order valence-corrected chi connectivity index (χ3v) is 4.83. The highest BCUT2D eigenvalue weighted by Crippen LogP contribution is 2.39. The summed E-state index contributed by atoms with van der Waals surface area (Å²) in [7, 11) is 4.96. The van der Waals surface area contributed by atoms with Gasteiger partial charge in [0.15, 0.2) is 0 Å². The van der Waals surface area contributed by atoms with E-state index in [1.807, 2.05) is 17.7 Å². The van der Waals surface area contributed by atoms with Crippen molar-refractivity contribution in [1.29, 1.82) is 0 Å². The molecule has 1 amide bonds. The molecule has 1 aliphatic carbocycles. The molecule has 0 bridgehead atoms. The van der Waals surface area contributed by atoms with Crippen LogP contribution in [0.4, 0.5) is 10.2 Å². The number of hydrogen-bond donors (Lipinski definition) is 1. The molecule has 3 heterocycles. The number of aromatic nitrogens is 4. The van der Waals surface area contributed by atoms with E-state index in [9.17, 15) is 9.18 Å². The van der Waals surface area contributed by atoms with Crippen LogP contribution in [0, 0.1) is 12.8 Å². The minimum absolute atomic E-state index is 0.274. The number of carbonyl (C=O) groups is 1. The summed E-state index contributed by atoms with van der Waals surface area (Å²) < 4.78 is 25.9. The maximum atomic E-state index is 13.1. The Morgan fingerprint density at radius 1 is 1.25 bits per heavy atom. The number of fused-ring (bicyclic) bond motifs is 1. The van der Waals surface area contributed by atoms with E-state index in [4.69, 9.17) is 9.47 Å². The van der Waals surface area contributed by atoms with Crippen molar-refractivity contribution in [2.24, 2.45) is 13.0 Å². The zero-order valence-corrected chi connectivity index (χ0v) is 16.0. The number of methoxy groups -OCH3 is 2. The van der Waals surface area contributed by atoms with E-state index in [-0.39, 0.29) is 12.3 Å². The Labute approximate surface area is 160 Å². The van der Waals surface area contributed by atoms with E-state index in [0.717, 1.165) is 16.6 Å². The summed E-state index contributed by atoms with van der Waals surface area (Å²) >= 11 is 0. The van der Waals surface area contributed by atoms with Crippen LogP contribution in [0.2, 0.25) is 0 Å². The van der Waals surface area contributed by atoms with Gasteiger partial charge in [-0.05, 0) is 25.5 Å². The van der Waals surface area contributed by atoms with E-state index < -0.39 is 12.1 Å². The van der Waals surface area contributed by atoms with Gasteiger partial charge in [-0.2, -0.15) is 9.97 Å². The van der Waals surface area contributed by atoms with Gasteiger partial charge >= 0.3 is 0 Å².